The molecule has 0 bridgehead atoms. The zero-order chi connectivity index (χ0) is 28.0. The molecule has 0 aliphatic carbocycles. The number of benzene rings is 7. The van der Waals surface area contributed by atoms with E-state index in [0.717, 1.165) is 11.0 Å². The summed E-state index contributed by atoms with van der Waals surface area (Å²) in [6.07, 6.45) is 0. The molecule has 0 fully saturated rings. The van der Waals surface area contributed by atoms with Gasteiger partial charge in [0.2, 0.25) is 0 Å². The van der Waals surface area contributed by atoms with Crippen molar-refractivity contribution < 1.29 is 0 Å². The molecule has 1 aromatic heterocycles. The second kappa shape index (κ2) is 10.2. The molecule has 1 atom stereocenters. The standard InChI is InChI=1S/C40H28NP/c1-42(32-14-3-2-4-15-32)33-22-18-27(19-23-33)30-12-9-13-31(26-30)38-36-24-20-28-10-5-7-16-34(28)39(36)41-40-35-17-8-6-11-29(35)21-25-37(38)40/h2-26H,1H3. The molecule has 0 amide bonds. The largest absolute Gasteiger partial charge is 0.246 e. The van der Waals surface area contributed by atoms with Crippen molar-refractivity contribution in [3.05, 3.63) is 152 Å². The highest BCUT2D eigenvalue weighted by atomic mass is 31.1. The van der Waals surface area contributed by atoms with Crippen LogP contribution in [0.15, 0.2) is 152 Å². The minimum atomic E-state index is -0.371. The number of aromatic nitrogens is 1. The maximum Gasteiger partial charge on any atom is 0.0794 e. The summed E-state index contributed by atoms with van der Waals surface area (Å²) >= 11 is 0. The minimum Gasteiger partial charge on any atom is -0.246 e. The predicted molar refractivity (Wildman–Crippen MR) is 184 cm³/mol. The lowest BCUT2D eigenvalue weighted by atomic mass is 9.91. The average Bonchev–Trinajstić information content (AvgIpc) is 3.07. The highest BCUT2D eigenvalue weighted by molar-refractivity contribution is 7.72. The Hall–Kier alpha value is -4.84. The summed E-state index contributed by atoms with van der Waals surface area (Å²) in [4.78, 5) is 5.35. The lowest BCUT2D eigenvalue weighted by Gasteiger charge is -2.16. The Kier molecular flexibility index (Phi) is 6.06. The van der Waals surface area contributed by atoms with Crippen molar-refractivity contribution in [3.8, 4) is 22.3 Å². The van der Waals surface area contributed by atoms with Crippen LogP contribution < -0.4 is 10.6 Å². The van der Waals surface area contributed by atoms with Gasteiger partial charge in [-0.1, -0.05) is 146 Å². The van der Waals surface area contributed by atoms with E-state index in [1.165, 1.54) is 65.2 Å². The molecule has 0 N–H and O–H groups in total. The van der Waals surface area contributed by atoms with Crippen LogP contribution >= 0.6 is 7.92 Å². The molecule has 7 aromatic carbocycles. The first kappa shape index (κ1) is 24.9. The van der Waals surface area contributed by atoms with E-state index in [2.05, 4.69) is 158 Å². The Morgan fingerprint density at radius 3 is 1.60 bits per heavy atom. The third-order valence-electron chi connectivity index (χ3n) is 8.45. The Bertz CT molecular complexity index is 2160. The van der Waals surface area contributed by atoms with E-state index in [-0.39, 0.29) is 7.92 Å². The zero-order valence-corrected chi connectivity index (χ0v) is 24.2. The van der Waals surface area contributed by atoms with Gasteiger partial charge in [0.25, 0.3) is 0 Å². The summed E-state index contributed by atoms with van der Waals surface area (Å²) in [5, 5.41) is 9.96. The highest BCUT2D eigenvalue weighted by Gasteiger charge is 2.16. The molecular weight excluding hydrogens is 525 g/mol. The lowest BCUT2D eigenvalue weighted by molar-refractivity contribution is 1.53. The van der Waals surface area contributed by atoms with Gasteiger partial charge < -0.3 is 0 Å². The molecule has 1 heterocycles. The van der Waals surface area contributed by atoms with Crippen LogP contribution in [0.2, 0.25) is 0 Å². The molecule has 0 aliphatic heterocycles. The van der Waals surface area contributed by atoms with Crippen molar-refractivity contribution in [2.75, 3.05) is 6.66 Å². The quantitative estimate of drug-likeness (QED) is 0.120. The number of fused-ring (bicyclic) bond motifs is 6. The molecule has 0 saturated heterocycles. The Labute approximate surface area is 246 Å². The van der Waals surface area contributed by atoms with Crippen molar-refractivity contribution >= 4 is 61.9 Å². The van der Waals surface area contributed by atoms with E-state index < -0.39 is 0 Å². The fourth-order valence-electron chi connectivity index (χ4n) is 6.25. The summed E-state index contributed by atoms with van der Waals surface area (Å²) in [5.41, 5.74) is 7.01. The van der Waals surface area contributed by atoms with Gasteiger partial charge in [-0.05, 0) is 58.7 Å². The molecule has 198 valence electrons. The van der Waals surface area contributed by atoms with Gasteiger partial charge in [0.1, 0.15) is 0 Å². The summed E-state index contributed by atoms with van der Waals surface area (Å²) < 4.78 is 0. The maximum atomic E-state index is 5.35. The molecule has 8 aromatic rings. The topological polar surface area (TPSA) is 12.9 Å². The van der Waals surface area contributed by atoms with Crippen LogP contribution in [-0.2, 0) is 0 Å². The third-order valence-corrected chi connectivity index (χ3v) is 10.6. The molecule has 1 unspecified atom stereocenters. The zero-order valence-electron chi connectivity index (χ0n) is 23.3. The third kappa shape index (κ3) is 4.17. The number of hydrogen-bond donors (Lipinski definition) is 0. The normalized spacial score (nSPS) is 12.3. The lowest BCUT2D eigenvalue weighted by Crippen LogP contribution is -2.10. The predicted octanol–water partition coefficient (Wildman–Crippen LogP) is 10.1. The van der Waals surface area contributed by atoms with Gasteiger partial charge in [0.15, 0.2) is 0 Å². The second-order valence-corrected chi connectivity index (χ2v) is 13.0. The van der Waals surface area contributed by atoms with E-state index in [0.29, 0.717) is 0 Å². The van der Waals surface area contributed by atoms with Crippen molar-refractivity contribution in [2.24, 2.45) is 0 Å². The van der Waals surface area contributed by atoms with Crippen LogP contribution in [0.3, 0.4) is 0 Å². The van der Waals surface area contributed by atoms with E-state index in [1.807, 2.05) is 0 Å². The van der Waals surface area contributed by atoms with Gasteiger partial charge in [0, 0.05) is 27.1 Å². The van der Waals surface area contributed by atoms with Gasteiger partial charge >= 0.3 is 0 Å². The Balaban J connectivity index is 1.32. The molecule has 0 aliphatic rings. The SMILES string of the molecule is CP(c1ccccc1)c1ccc(-c2cccc(-c3c4ccc5ccccc5c4nc4c3ccc3ccccc34)c2)cc1. The van der Waals surface area contributed by atoms with E-state index in [9.17, 15) is 0 Å². The maximum absolute atomic E-state index is 5.35. The smallest absolute Gasteiger partial charge is 0.0794 e. The Morgan fingerprint density at radius 2 is 0.952 bits per heavy atom. The van der Waals surface area contributed by atoms with Crippen molar-refractivity contribution in [1.82, 2.24) is 4.98 Å². The second-order valence-electron chi connectivity index (χ2n) is 10.9. The van der Waals surface area contributed by atoms with Crippen molar-refractivity contribution in [3.63, 3.8) is 0 Å². The Morgan fingerprint density at radius 1 is 0.405 bits per heavy atom. The summed E-state index contributed by atoms with van der Waals surface area (Å²) in [6.45, 7) is 2.34. The fourth-order valence-corrected chi connectivity index (χ4v) is 7.77. The molecule has 8 rings (SSSR count). The van der Waals surface area contributed by atoms with E-state index >= 15 is 0 Å². The summed E-state index contributed by atoms with van der Waals surface area (Å²) in [5.74, 6) is 0. The van der Waals surface area contributed by atoms with Crippen molar-refractivity contribution in [2.45, 2.75) is 0 Å². The van der Waals surface area contributed by atoms with Gasteiger partial charge in [-0.15, -0.1) is 0 Å². The number of rotatable bonds is 4. The first-order chi connectivity index (χ1) is 20.7. The van der Waals surface area contributed by atoms with Gasteiger partial charge in [-0.25, -0.2) is 4.98 Å². The summed E-state index contributed by atoms with van der Waals surface area (Å²) in [7, 11) is -0.371. The minimum absolute atomic E-state index is 0.371. The average molecular weight is 554 g/mol. The van der Waals surface area contributed by atoms with Gasteiger partial charge in [-0.2, -0.15) is 0 Å². The molecule has 0 spiro atoms. The number of pyridine rings is 1. The molecule has 0 saturated carbocycles. The van der Waals surface area contributed by atoms with Crippen LogP contribution in [0.1, 0.15) is 0 Å². The molecule has 0 radical (unpaired) electrons. The molecule has 42 heavy (non-hydrogen) atoms. The fraction of sp³-hybridized carbons (Fsp3) is 0.0250. The molecular formula is C40H28NP. The van der Waals surface area contributed by atoms with Crippen LogP contribution in [0.4, 0.5) is 0 Å². The summed E-state index contributed by atoms with van der Waals surface area (Å²) in [6, 6.07) is 55.1. The first-order valence-corrected chi connectivity index (χ1v) is 16.2. The molecule has 1 nitrogen and oxygen atoms in total. The van der Waals surface area contributed by atoms with E-state index in [4.69, 9.17) is 4.98 Å². The monoisotopic (exact) mass is 553 g/mol. The van der Waals surface area contributed by atoms with Gasteiger partial charge in [-0.3, -0.25) is 0 Å². The van der Waals surface area contributed by atoms with Crippen molar-refractivity contribution in [1.29, 1.82) is 0 Å². The number of hydrogen-bond acceptors (Lipinski definition) is 1. The van der Waals surface area contributed by atoms with Crippen LogP contribution in [0.25, 0.3) is 65.6 Å². The van der Waals surface area contributed by atoms with Crippen LogP contribution in [0, 0.1) is 0 Å². The van der Waals surface area contributed by atoms with Crippen LogP contribution in [-0.4, -0.2) is 11.6 Å². The van der Waals surface area contributed by atoms with Crippen LogP contribution in [0.5, 0.6) is 0 Å². The first-order valence-electron chi connectivity index (χ1n) is 14.4. The molecule has 2 heteroatoms. The number of nitrogens with zero attached hydrogens (tertiary/aromatic N) is 1. The van der Waals surface area contributed by atoms with Gasteiger partial charge in [0.05, 0.1) is 11.0 Å². The highest BCUT2D eigenvalue weighted by Crippen LogP contribution is 2.41. The van der Waals surface area contributed by atoms with E-state index in [1.54, 1.807) is 0 Å².